The van der Waals surface area contributed by atoms with E-state index in [0.717, 1.165) is 5.39 Å². The second-order valence-corrected chi connectivity index (χ2v) is 5.79. The number of rotatable bonds is 5. The van der Waals surface area contributed by atoms with E-state index in [2.05, 4.69) is 4.98 Å². The van der Waals surface area contributed by atoms with Crippen molar-refractivity contribution in [3.05, 3.63) is 71.4 Å². The molecule has 3 rings (SSSR count). The van der Waals surface area contributed by atoms with Gasteiger partial charge in [0.25, 0.3) is 5.91 Å². The van der Waals surface area contributed by atoms with Gasteiger partial charge in [0.15, 0.2) is 0 Å². The van der Waals surface area contributed by atoms with Gasteiger partial charge >= 0.3 is 0 Å². The minimum atomic E-state index is -0.0814. The average molecular weight is 341 g/mol. The molecule has 1 aromatic heterocycles. The summed E-state index contributed by atoms with van der Waals surface area (Å²) in [5.41, 5.74) is 1.30. The number of halogens is 1. The molecule has 122 valence electrons. The number of fused-ring (bicyclic) bond motifs is 1. The molecular formula is C19H17ClN2O2. The van der Waals surface area contributed by atoms with Crippen LogP contribution in [-0.4, -0.2) is 36.0 Å². The molecule has 0 unspecified atom stereocenters. The monoisotopic (exact) mass is 340 g/mol. The molecule has 0 radical (unpaired) electrons. The molecule has 1 heterocycles. The predicted octanol–water partition coefficient (Wildman–Crippen LogP) is 4.04. The van der Waals surface area contributed by atoms with Gasteiger partial charge in [0.05, 0.1) is 22.6 Å². The molecule has 0 saturated carbocycles. The van der Waals surface area contributed by atoms with Crippen molar-refractivity contribution < 1.29 is 9.53 Å². The lowest BCUT2D eigenvalue weighted by Crippen LogP contribution is -2.31. The number of pyridine rings is 1. The summed E-state index contributed by atoms with van der Waals surface area (Å²) in [4.78, 5) is 18.6. The number of carbonyl (C=O) groups is 1. The molecule has 2 aromatic carbocycles. The number of hydrogen-bond donors (Lipinski definition) is 0. The first-order chi connectivity index (χ1) is 11.7. The van der Waals surface area contributed by atoms with Crippen LogP contribution in [0.3, 0.4) is 0 Å². The van der Waals surface area contributed by atoms with Gasteiger partial charge in [-0.15, -0.1) is 0 Å². The Morgan fingerprint density at radius 3 is 2.75 bits per heavy atom. The summed E-state index contributed by atoms with van der Waals surface area (Å²) >= 11 is 6.05. The molecule has 1 amide bonds. The van der Waals surface area contributed by atoms with Crippen LogP contribution in [0.15, 0.2) is 60.8 Å². The number of ether oxygens (including phenoxy) is 1. The molecule has 0 saturated heterocycles. The molecule has 5 heteroatoms. The first-order valence-electron chi connectivity index (χ1n) is 7.63. The first-order valence-corrected chi connectivity index (χ1v) is 8.01. The number of hydrogen-bond acceptors (Lipinski definition) is 3. The number of aromatic nitrogens is 1. The van der Waals surface area contributed by atoms with Gasteiger partial charge in [-0.05, 0) is 24.3 Å². The average Bonchev–Trinajstić information content (AvgIpc) is 2.62. The third kappa shape index (κ3) is 3.49. The standard InChI is InChI=1S/C19H17ClN2O2/c1-22(12-13-24-17-10-3-2-9-16(17)20)19(23)15-8-4-6-14-7-5-11-21-18(14)15/h2-11H,12-13H2,1H3. The van der Waals surface area contributed by atoms with Crippen LogP contribution in [0.4, 0.5) is 0 Å². The van der Waals surface area contributed by atoms with Crippen molar-refractivity contribution in [1.82, 2.24) is 9.88 Å². The number of amides is 1. The van der Waals surface area contributed by atoms with Crippen LogP contribution in [0.2, 0.25) is 5.02 Å². The van der Waals surface area contributed by atoms with Crippen molar-refractivity contribution in [3.63, 3.8) is 0 Å². The van der Waals surface area contributed by atoms with Crippen molar-refractivity contribution >= 4 is 28.4 Å². The largest absolute Gasteiger partial charge is 0.490 e. The SMILES string of the molecule is CN(CCOc1ccccc1Cl)C(=O)c1cccc2cccnc12. The Morgan fingerprint density at radius 2 is 1.92 bits per heavy atom. The second-order valence-electron chi connectivity index (χ2n) is 5.39. The highest BCUT2D eigenvalue weighted by molar-refractivity contribution is 6.32. The van der Waals surface area contributed by atoms with Crippen LogP contribution in [0.25, 0.3) is 10.9 Å². The Hall–Kier alpha value is -2.59. The van der Waals surface area contributed by atoms with Crippen LogP contribution in [0.5, 0.6) is 5.75 Å². The highest BCUT2D eigenvalue weighted by Crippen LogP contribution is 2.23. The summed E-state index contributed by atoms with van der Waals surface area (Å²) in [6.45, 7) is 0.817. The van der Waals surface area contributed by atoms with Crippen molar-refractivity contribution in [2.75, 3.05) is 20.2 Å². The van der Waals surface area contributed by atoms with E-state index in [1.54, 1.807) is 36.3 Å². The maximum atomic E-state index is 12.7. The fourth-order valence-electron chi connectivity index (χ4n) is 2.44. The molecule has 0 bridgehead atoms. The molecule has 0 N–H and O–H groups in total. The normalized spacial score (nSPS) is 10.6. The van der Waals surface area contributed by atoms with Crippen LogP contribution in [-0.2, 0) is 0 Å². The number of carbonyl (C=O) groups excluding carboxylic acids is 1. The summed E-state index contributed by atoms with van der Waals surface area (Å²) in [6.07, 6.45) is 1.69. The van der Waals surface area contributed by atoms with Gasteiger partial charge in [-0.3, -0.25) is 9.78 Å². The van der Waals surface area contributed by atoms with Gasteiger partial charge in [-0.2, -0.15) is 0 Å². The summed E-state index contributed by atoms with van der Waals surface area (Å²) in [7, 11) is 1.75. The third-order valence-electron chi connectivity index (χ3n) is 3.73. The molecule has 24 heavy (non-hydrogen) atoms. The zero-order chi connectivity index (χ0) is 16.9. The van der Waals surface area contributed by atoms with E-state index in [1.165, 1.54) is 0 Å². The number of para-hydroxylation sites is 2. The molecule has 0 fully saturated rings. The van der Waals surface area contributed by atoms with E-state index in [9.17, 15) is 4.79 Å². The lowest BCUT2D eigenvalue weighted by molar-refractivity contribution is 0.0775. The van der Waals surface area contributed by atoms with E-state index in [4.69, 9.17) is 16.3 Å². The van der Waals surface area contributed by atoms with Gasteiger partial charge in [0, 0.05) is 18.6 Å². The maximum Gasteiger partial charge on any atom is 0.255 e. The predicted molar refractivity (Wildman–Crippen MR) is 95.7 cm³/mol. The van der Waals surface area contributed by atoms with E-state index < -0.39 is 0 Å². The zero-order valence-electron chi connectivity index (χ0n) is 13.3. The quantitative estimate of drug-likeness (QED) is 0.704. The molecule has 4 nitrogen and oxygen atoms in total. The molecular weight excluding hydrogens is 324 g/mol. The molecule has 3 aromatic rings. The lowest BCUT2D eigenvalue weighted by atomic mass is 10.1. The Labute approximate surface area is 145 Å². The maximum absolute atomic E-state index is 12.7. The Balaban J connectivity index is 1.67. The van der Waals surface area contributed by atoms with E-state index >= 15 is 0 Å². The highest BCUT2D eigenvalue weighted by Gasteiger charge is 2.15. The van der Waals surface area contributed by atoms with Crippen LogP contribution < -0.4 is 4.74 Å². The van der Waals surface area contributed by atoms with E-state index in [-0.39, 0.29) is 5.91 Å². The Morgan fingerprint density at radius 1 is 1.12 bits per heavy atom. The summed E-state index contributed by atoms with van der Waals surface area (Å²) in [6, 6.07) is 16.7. The van der Waals surface area contributed by atoms with Crippen molar-refractivity contribution in [1.29, 1.82) is 0 Å². The summed E-state index contributed by atoms with van der Waals surface area (Å²) < 4.78 is 5.64. The van der Waals surface area contributed by atoms with Crippen LogP contribution in [0, 0.1) is 0 Å². The van der Waals surface area contributed by atoms with Gasteiger partial charge in [0.1, 0.15) is 12.4 Å². The van der Waals surface area contributed by atoms with Crippen molar-refractivity contribution in [2.45, 2.75) is 0 Å². The number of likely N-dealkylation sites (N-methyl/N-ethyl adjacent to an activating group) is 1. The van der Waals surface area contributed by atoms with Gasteiger partial charge < -0.3 is 9.64 Å². The third-order valence-corrected chi connectivity index (χ3v) is 4.04. The van der Waals surface area contributed by atoms with Crippen LogP contribution >= 0.6 is 11.6 Å². The molecule has 0 aliphatic heterocycles. The smallest absolute Gasteiger partial charge is 0.255 e. The summed E-state index contributed by atoms with van der Waals surface area (Å²) in [5, 5.41) is 1.51. The van der Waals surface area contributed by atoms with Crippen LogP contribution in [0.1, 0.15) is 10.4 Å². The Bertz CT molecular complexity index is 861. The van der Waals surface area contributed by atoms with Gasteiger partial charge in [-0.25, -0.2) is 0 Å². The lowest BCUT2D eigenvalue weighted by Gasteiger charge is -2.18. The first kappa shape index (κ1) is 16.3. The molecule has 0 atom stereocenters. The Kier molecular flexibility index (Phi) is 4.96. The molecule has 0 aliphatic carbocycles. The minimum Gasteiger partial charge on any atom is -0.490 e. The van der Waals surface area contributed by atoms with Crippen molar-refractivity contribution in [3.8, 4) is 5.75 Å². The number of benzene rings is 2. The zero-order valence-corrected chi connectivity index (χ0v) is 14.0. The van der Waals surface area contributed by atoms with Gasteiger partial charge in [0.2, 0.25) is 0 Å². The second kappa shape index (κ2) is 7.32. The van der Waals surface area contributed by atoms with E-state index in [0.29, 0.717) is 35.0 Å². The number of nitrogens with zero attached hydrogens (tertiary/aromatic N) is 2. The van der Waals surface area contributed by atoms with Gasteiger partial charge in [-0.1, -0.05) is 41.9 Å². The molecule has 0 spiro atoms. The fraction of sp³-hybridized carbons (Fsp3) is 0.158. The highest BCUT2D eigenvalue weighted by atomic mass is 35.5. The topological polar surface area (TPSA) is 42.4 Å². The molecule has 0 aliphatic rings. The fourth-order valence-corrected chi connectivity index (χ4v) is 2.63. The minimum absolute atomic E-state index is 0.0814. The van der Waals surface area contributed by atoms with E-state index in [1.807, 2.05) is 36.4 Å². The van der Waals surface area contributed by atoms with Crippen molar-refractivity contribution in [2.24, 2.45) is 0 Å². The summed E-state index contributed by atoms with van der Waals surface area (Å²) in [5.74, 6) is 0.536.